The molecule has 0 aromatic carbocycles. The Hall–Kier alpha value is -3.15. The smallest absolute Gasteiger partial charge is 0.306 e. The minimum absolute atomic E-state index is 0.0889. The first kappa shape index (κ1) is 68.8. The Morgan fingerprint density at radius 1 is 0.292 bits per heavy atom. The van der Waals surface area contributed by atoms with Crippen LogP contribution in [0.3, 0.4) is 0 Å². The third-order valence-electron chi connectivity index (χ3n) is 13.4. The van der Waals surface area contributed by atoms with Crippen LogP contribution in [0, 0.1) is 0 Å². The van der Waals surface area contributed by atoms with Gasteiger partial charge in [-0.25, -0.2) is 0 Å². The van der Waals surface area contributed by atoms with Crippen molar-refractivity contribution < 1.29 is 28.6 Å². The molecular weight excluding hydrogens is 889 g/mol. The molecule has 0 aliphatic rings. The summed E-state index contributed by atoms with van der Waals surface area (Å²) in [6, 6.07) is 0. The maximum absolute atomic E-state index is 12.8. The van der Waals surface area contributed by atoms with Crippen LogP contribution in [0.25, 0.3) is 0 Å². The van der Waals surface area contributed by atoms with Gasteiger partial charge >= 0.3 is 17.9 Å². The molecule has 1 atom stereocenters. The summed E-state index contributed by atoms with van der Waals surface area (Å²) in [6.45, 7) is 6.50. The minimum atomic E-state index is -0.795. The van der Waals surface area contributed by atoms with E-state index in [9.17, 15) is 14.4 Å². The van der Waals surface area contributed by atoms with E-state index in [4.69, 9.17) is 14.2 Å². The number of rotatable bonds is 56. The highest BCUT2D eigenvalue weighted by Crippen LogP contribution is 2.16. The van der Waals surface area contributed by atoms with E-state index in [-0.39, 0.29) is 37.5 Å². The Morgan fingerprint density at radius 3 is 0.875 bits per heavy atom. The van der Waals surface area contributed by atoms with E-state index in [0.717, 1.165) is 83.5 Å². The van der Waals surface area contributed by atoms with Crippen LogP contribution in [0.5, 0.6) is 0 Å². The van der Waals surface area contributed by atoms with Crippen molar-refractivity contribution in [3.63, 3.8) is 0 Å². The normalized spacial score (nSPS) is 12.5. The molecular formula is C66H116O6. The number of allylic oxidation sites excluding steroid dienone is 12. The SMILES string of the molecule is CC/C=C\C/C=C\C/C=C\C/C=C\CCCCC(=O)OC(COC(=O)CCCCCCCCCCCCCC)COC(=O)CCCCCCCCCCCCCCCCC/C=C\C/C=C\CCCCCCC. The first-order valence-electron chi connectivity index (χ1n) is 30.9. The second-order valence-electron chi connectivity index (χ2n) is 20.6. The molecule has 72 heavy (non-hydrogen) atoms. The summed E-state index contributed by atoms with van der Waals surface area (Å²) in [5.74, 6) is -0.919. The largest absolute Gasteiger partial charge is 0.462 e. The molecule has 1 unspecified atom stereocenters. The van der Waals surface area contributed by atoms with Gasteiger partial charge in [-0.3, -0.25) is 14.4 Å². The van der Waals surface area contributed by atoms with Gasteiger partial charge in [-0.2, -0.15) is 0 Å². The number of esters is 3. The number of hydrogen-bond acceptors (Lipinski definition) is 6. The Kier molecular flexibility index (Phi) is 57.8. The fourth-order valence-corrected chi connectivity index (χ4v) is 8.82. The van der Waals surface area contributed by atoms with Crippen LogP contribution in [0.4, 0.5) is 0 Å². The zero-order valence-corrected chi connectivity index (χ0v) is 47.7. The van der Waals surface area contributed by atoms with Crippen LogP contribution in [-0.2, 0) is 28.6 Å². The molecule has 0 bridgehead atoms. The molecule has 0 saturated heterocycles. The Morgan fingerprint density at radius 2 is 0.542 bits per heavy atom. The summed E-state index contributed by atoms with van der Waals surface area (Å²) in [7, 11) is 0. The lowest BCUT2D eigenvalue weighted by Crippen LogP contribution is -2.30. The van der Waals surface area contributed by atoms with Crippen LogP contribution in [-0.4, -0.2) is 37.2 Å². The molecule has 0 spiro atoms. The third kappa shape index (κ3) is 57.7. The summed E-state index contributed by atoms with van der Waals surface area (Å²) in [5, 5.41) is 0. The monoisotopic (exact) mass is 1000 g/mol. The zero-order valence-electron chi connectivity index (χ0n) is 47.7. The lowest BCUT2D eigenvalue weighted by molar-refractivity contribution is -0.167. The van der Waals surface area contributed by atoms with Gasteiger partial charge in [-0.1, -0.05) is 273 Å². The van der Waals surface area contributed by atoms with Crippen molar-refractivity contribution in [1.82, 2.24) is 0 Å². The number of ether oxygens (including phenoxy) is 3. The van der Waals surface area contributed by atoms with E-state index < -0.39 is 6.10 Å². The van der Waals surface area contributed by atoms with E-state index in [0.29, 0.717) is 19.3 Å². The van der Waals surface area contributed by atoms with Crippen molar-refractivity contribution >= 4 is 17.9 Å². The van der Waals surface area contributed by atoms with Crippen molar-refractivity contribution in [2.45, 2.75) is 316 Å². The van der Waals surface area contributed by atoms with Crippen molar-refractivity contribution in [1.29, 1.82) is 0 Å². The molecule has 0 radical (unpaired) electrons. The molecule has 0 aliphatic carbocycles. The van der Waals surface area contributed by atoms with Crippen LogP contribution >= 0.6 is 0 Å². The summed E-state index contributed by atoms with van der Waals surface area (Å²) in [5.41, 5.74) is 0. The highest BCUT2D eigenvalue weighted by atomic mass is 16.6. The van der Waals surface area contributed by atoms with Gasteiger partial charge in [-0.05, 0) is 89.9 Å². The lowest BCUT2D eigenvalue weighted by atomic mass is 10.0. The second-order valence-corrected chi connectivity index (χ2v) is 20.6. The Balaban J connectivity index is 4.24. The van der Waals surface area contributed by atoms with Gasteiger partial charge < -0.3 is 14.2 Å². The molecule has 0 saturated carbocycles. The van der Waals surface area contributed by atoms with Gasteiger partial charge in [0.1, 0.15) is 13.2 Å². The molecule has 0 N–H and O–H groups in total. The number of unbranched alkanes of at least 4 members (excludes halogenated alkanes) is 33. The highest BCUT2D eigenvalue weighted by Gasteiger charge is 2.19. The quantitative estimate of drug-likeness (QED) is 0.0261. The van der Waals surface area contributed by atoms with Crippen LogP contribution < -0.4 is 0 Å². The highest BCUT2D eigenvalue weighted by molar-refractivity contribution is 5.71. The summed E-state index contributed by atoms with van der Waals surface area (Å²) >= 11 is 0. The van der Waals surface area contributed by atoms with Crippen molar-refractivity contribution in [2.75, 3.05) is 13.2 Å². The average Bonchev–Trinajstić information content (AvgIpc) is 3.38. The second kappa shape index (κ2) is 60.4. The predicted octanol–water partition coefficient (Wildman–Crippen LogP) is 20.9. The molecule has 6 nitrogen and oxygen atoms in total. The van der Waals surface area contributed by atoms with E-state index in [1.54, 1.807) is 0 Å². The van der Waals surface area contributed by atoms with Gasteiger partial charge in [-0.15, -0.1) is 0 Å². The fourth-order valence-electron chi connectivity index (χ4n) is 8.82. The van der Waals surface area contributed by atoms with Crippen molar-refractivity contribution in [3.05, 3.63) is 72.9 Å². The van der Waals surface area contributed by atoms with Crippen LogP contribution in [0.15, 0.2) is 72.9 Å². The first-order valence-corrected chi connectivity index (χ1v) is 30.9. The molecule has 6 heteroatoms. The number of carbonyl (C=O) groups is 3. The fraction of sp³-hybridized carbons (Fsp3) is 0.773. The van der Waals surface area contributed by atoms with Crippen molar-refractivity contribution in [3.8, 4) is 0 Å². The molecule has 0 aromatic rings. The van der Waals surface area contributed by atoms with Gasteiger partial charge in [0.25, 0.3) is 0 Å². The Labute approximate surface area is 446 Å². The lowest BCUT2D eigenvalue weighted by Gasteiger charge is -2.18. The van der Waals surface area contributed by atoms with Gasteiger partial charge in [0.15, 0.2) is 6.10 Å². The Bertz CT molecular complexity index is 1340. The molecule has 416 valence electrons. The topological polar surface area (TPSA) is 78.9 Å². The molecule has 0 rings (SSSR count). The summed E-state index contributed by atoms with van der Waals surface area (Å²) in [6.07, 6.45) is 77.7. The molecule has 0 heterocycles. The van der Waals surface area contributed by atoms with Crippen LogP contribution in [0.2, 0.25) is 0 Å². The van der Waals surface area contributed by atoms with E-state index in [2.05, 4.69) is 93.7 Å². The number of carbonyl (C=O) groups excluding carboxylic acids is 3. The van der Waals surface area contributed by atoms with E-state index in [1.807, 2.05) is 0 Å². The minimum Gasteiger partial charge on any atom is -0.462 e. The van der Waals surface area contributed by atoms with Gasteiger partial charge in [0.05, 0.1) is 0 Å². The molecule has 0 aromatic heterocycles. The first-order chi connectivity index (χ1) is 35.5. The maximum Gasteiger partial charge on any atom is 0.306 e. The van der Waals surface area contributed by atoms with Crippen LogP contribution in [0.1, 0.15) is 310 Å². The molecule has 0 fully saturated rings. The zero-order chi connectivity index (χ0) is 52.2. The van der Waals surface area contributed by atoms with Gasteiger partial charge in [0.2, 0.25) is 0 Å². The maximum atomic E-state index is 12.8. The third-order valence-corrected chi connectivity index (χ3v) is 13.4. The van der Waals surface area contributed by atoms with Gasteiger partial charge in [0, 0.05) is 19.3 Å². The van der Waals surface area contributed by atoms with E-state index >= 15 is 0 Å². The standard InChI is InChI=1S/C66H116O6/c1-4-7-10-13-16-19-22-25-27-28-29-30-31-32-33-34-35-36-37-38-40-41-44-47-50-53-56-59-65(68)71-62-63(61-70-64(67)58-55-52-49-46-43-24-21-18-15-12-9-6-3)72-66(69)60-57-54-51-48-45-42-39-26-23-20-17-14-11-8-5-2/h8,11,17,20,22,25-26,28-29,39,45,48,63H,4-7,9-10,12-16,18-19,21,23-24,27,30-38,40-44,46-47,49-62H2,1-3H3/b11-8-,20-17-,25-22-,29-28-,39-26-,48-45-. The summed E-state index contributed by atoms with van der Waals surface area (Å²) in [4.78, 5) is 38.2. The molecule has 0 aliphatic heterocycles. The van der Waals surface area contributed by atoms with E-state index in [1.165, 1.54) is 180 Å². The average molecular weight is 1010 g/mol. The van der Waals surface area contributed by atoms with Crippen molar-refractivity contribution in [2.24, 2.45) is 0 Å². The predicted molar refractivity (Wildman–Crippen MR) is 311 cm³/mol. The summed E-state index contributed by atoms with van der Waals surface area (Å²) < 4.78 is 16.8. The molecule has 0 amide bonds. The number of hydrogen-bond donors (Lipinski definition) is 0.